The second-order valence-electron chi connectivity index (χ2n) is 3.77. The summed E-state index contributed by atoms with van der Waals surface area (Å²) in [6, 6.07) is 5.76. The Bertz CT molecular complexity index is 458. The molecule has 0 bridgehead atoms. The highest BCUT2D eigenvalue weighted by atomic mass is 16.5. The number of hydrogen-bond acceptors (Lipinski definition) is 6. The molecule has 0 amide bonds. The van der Waals surface area contributed by atoms with Gasteiger partial charge in [-0.2, -0.15) is 4.98 Å². The van der Waals surface area contributed by atoms with Crippen LogP contribution in [0.25, 0.3) is 0 Å². The SMILES string of the molecule is COCCNCc1nc(Cc2ccccn2)no1. The Balaban J connectivity index is 1.83. The smallest absolute Gasteiger partial charge is 0.240 e. The fraction of sp³-hybridized carbons (Fsp3) is 0.417. The van der Waals surface area contributed by atoms with Crippen LogP contribution in [-0.2, 0) is 17.7 Å². The average molecular weight is 248 g/mol. The first-order valence-corrected chi connectivity index (χ1v) is 5.79. The van der Waals surface area contributed by atoms with Gasteiger partial charge in [-0.05, 0) is 12.1 Å². The first-order chi connectivity index (χ1) is 8.88. The zero-order valence-corrected chi connectivity index (χ0v) is 10.3. The largest absolute Gasteiger partial charge is 0.383 e. The second-order valence-corrected chi connectivity index (χ2v) is 3.77. The number of rotatable bonds is 7. The first-order valence-electron chi connectivity index (χ1n) is 5.79. The van der Waals surface area contributed by atoms with Crippen LogP contribution < -0.4 is 5.32 Å². The summed E-state index contributed by atoms with van der Waals surface area (Å²) in [7, 11) is 1.67. The van der Waals surface area contributed by atoms with Gasteiger partial charge in [0.05, 0.1) is 19.6 Å². The highest BCUT2D eigenvalue weighted by Crippen LogP contribution is 2.03. The van der Waals surface area contributed by atoms with Gasteiger partial charge in [-0.1, -0.05) is 11.2 Å². The summed E-state index contributed by atoms with van der Waals surface area (Å²) in [5, 5.41) is 7.06. The third kappa shape index (κ3) is 3.90. The summed E-state index contributed by atoms with van der Waals surface area (Å²) in [5.41, 5.74) is 0.928. The predicted octanol–water partition coefficient (Wildman–Crippen LogP) is 0.791. The number of nitrogens with one attached hydrogen (secondary N) is 1. The van der Waals surface area contributed by atoms with Gasteiger partial charge in [0.1, 0.15) is 0 Å². The number of hydrogen-bond donors (Lipinski definition) is 1. The lowest BCUT2D eigenvalue weighted by molar-refractivity contribution is 0.197. The fourth-order valence-electron chi connectivity index (χ4n) is 1.47. The number of methoxy groups -OCH3 is 1. The lowest BCUT2D eigenvalue weighted by Crippen LogP contribution is -2.18. The van der Waals surface area contributed by atoms with E-state index in [4.69, 9.17) is 9.26 Å². The van der Waals surface area contributed by atoms with Crippen LogP contribution in [0.5, 0.6) is 0 Å². The van der Waals surface area contributed by atoms with Crippen molar-refractivity contribution < 1.29 is 9.26 Å². The minimum absolute atomic E-state index is 0.554. The fourth-order valence-corrected chi connectivity index (χ4v) is 1.47. The van der Waals surface area contributed by atoms with Crippen LogP contribution in [0, 0.1) is 0 Å². The van der Waals surface area contributed by atoms with Crippen LogP contribution in [0.3, 0.4) is 0 Å². The molecular formula is C12H16N4O2. The van der Waals surface area contributed by atoms with E-state index < -0.39 is 0 Å². The zero-order chi connectivity index (χ0) is 12.6. The van der Waals surface area contributed by atoms with Gasteiger partial charge in [-0.3, -0.25) is 4.98 Å². The number of nitrogens with zero attached hydrogens (tertiary/aromatic N) is 3. The Morgan fingerprint density at radius 3 is 3.11 bits per heavy atom. The normalized spacial score (nSPS) is 10.7. The van der Waals surface area contributed by atoms with Crippen molar-refractivity contribution in [1.82, 2.24) is 20.4 Å². The van der Waals surface area contributed by atoms with Gasteiger partial charge in [-0.15, -0.1) is 0 Å². The van der Waals surface area contributed by atoms with Crippen LogP contribution in [0.15, 0.2) is 28.9 Å². The molecule has 0 aliphatic heterocycles. The molecule has 6 nitrogen and oxygen atoms in total. The first kappa shape index (κ1) is 12.7. The molecule has 0 radical (unpaired) electrons. The lowest BCUT2D eigenvalue weighted by Gasteiger charge is -1.98. The van der Waals surface area contributed by atoms with E-state index in [0.717, 1.165) is 12.2 Å². The van der Waals surface area contributed by atoms with Crippen LogP contribution in [0.4, 0.5) is 0 Å². The van der Waals surface area contributed by atoms with E-state index in [0.29, 0.717) is 31.3 Å². The van der Waals surface area contributed by atoms with Crippen molar-refractivity contribution in [3.63, 3.8) is 0 Å². The van der Waals surface area contributed by atoms with Gasteiger partial charge in [0.2, 0.25) is 5.89 Å². The Morgan fingerprint density at radius 1 is 1.39 bits per heavy atom. The molecule has 0 aliphatic rings. The third-order valence-electron chi connectivity index (χ3n) is 2.33. The van der Waals surface area contributed by atoms with Gasteiger partial charge in [0.25, 0.3) is 0 Å². The minimum Gasteiger partial charge on any atom is -0.383 e. The van der Waals surface area contributed by atoms with Crippen molar-refractivity contribution in [3.05, 3.63) is 41.8 Å². The summed E-state index contributed by atoms with van der Waals surface area (Å²) >= 11 is 0. The molecule has 0 saturated carbocycles. The number of aromatic nitrogens is 3. The molecule has 0 fully saturated rings. The summed E-state index contributed by atoms with van der Waals surface area (Å²) in [6.07, 6.45) is 2.34. The van der Waals surface area contributed by atoms with E-state index >= 15 is 0 Å². The highest BCUT2D eigenvalue weighted by molar-refractivity contribution is 5.09. The maximum Gasteiger partial charge on any atom is 0.240 e. The molecule has 2 heterocycles. The second kappa shape index (κ2) is 6.83. The predicted molar refractivity (Wildman–Crippen MR) is 64.9 cm³/mol. The Hall–Kier alpha value is -1.79. The van der Waals surface area contributed by atoms with Crippen LogP contribution in [0.1, 0.15) is 17.4 Å². The average Bonchev–Trinajstić information content (AvgIpc) is 2.84. The molecule has 0 saturated heterocycles. The number of ether oxygens (including phenoxy) is 1. The molecule has 0 aromatic carbocycles. The van der Waals surface area contributed by atoms with E-state index in [2.05, 4.69) is 20.4 Å². The summed E-state index contributed by atoms with van der Waals surface area (Å²) in [4.78, 5) is 8.50. The highest BCUT2D eigenvalue weighted by Gasteiger charge is 2.06. The topological polar surface area (TPSA) is 73.1 Å². The van der Waals surface area contributed by atoms with Crippen LogP contribution in [0.2, 0.25) is 0 Å². The molecule has 0 atom stereocenters. The van der Waals surface area contributed by atoms with Crippen molar-refractivity contribution >= 4 is 0 Å². The molecule has 18 heavy (non-hydrogen) atoms. The van der Waals surface area contributed by atoms with Crippen molar-refractivity contribution in [2.24, 2.45) is 0 Å². The lowest BCUT2D eigenvalue weighted by atomic mass is 10.2. The molecule has 2 aromatic rings. The van der Waals surface area contributed by atoms with Crippen molar-refractivity contribution in [1.29, 1.82) is 0 Å². The van der Waals surface area contributed by atoms with E-state index in [9.17, 15) is 0 Å². The molecule has 0 spiro atoms. The molecule has 96 valence electrons. The van der Waals surface area contributed by atoms with Crippen molar-refractivity contribution in [2.45, 2.75) is 13.0 Å². The van der Waals surface area contributed by atoms with Gasteiger partial charge in [0.15, 0.2) is 5.82 Å². The molecule has 1 N–H and O–H groups in total. The zero-order valence-electron chi connectivity index (χ0n) is 10.3. The third-order valence-corrected chi connectivity index (χ3v) is 2.33. The Kier molecular flexibility index (Phi) is 4.80. The number of pyridine rings is 1. The monoisotopic (exact) mass is 248 g/mol. The standard InChI is InChI=1S/C12H16N4O2/c1-17-7-6-13-9-12-15-11(16-18-12)8-10-4-2-3-5-14-10/h2-5,13H,6-9H2,1H3. The Labute approximate surface area is 105 Å². The van der Waals surface area contributed by atoms with E-state index in [1.165, 1.54) is 0 Å². The van der Waals surface area contributed by atoms with E-state index in [-0.39, 0.29) is 0 Å². The summed E-state index contributed by atoms with van der Waals surface area (Å²) in [5.74, 6) is 1.23. The van der Waals surface area contributed by atoms with Crippen LogP contribution >= 0.6 is 0 Å². The molecule has 2 aromatic heterocycles. The maximum absolute atomic E-state index is 5.12. The van der Waals surface area contributed by atoms with Gasteiger partial charge < -0.3 is 14.6 Å². The Morgan fingerprint density at radius 2 is 2.33 bits per heavy atom. The molecular weight excluding hydrogens is 232 g/mol. The summed E-state index contributed by atoms with van der Waals surface area (Å²) < 4.78 is 10.1. The quantitative estimate of drug-likeness (QED) is 0.730. The van der Waals surface area contributed by atoms with Crippen LogP contribution in [-0.4, -0.2) is 35.4 Å². The van der Waals surface area contributed by atoms with E-state index in [1.807, 2.05) is 18.2 Å². The van der Waals surface area contributed by atoms with Crippen molar-refractivity contribution in [2.75, 3.05) is 20.3 Å². The molecule has 0 aliphatic carbocycles. The molecule has 0 unspecified atom stereocenters. The van der Waals surface area contributed by atoms with Gasteiger partial charge in [0, 0.05) is 25.5 Å². The summed E-state index contributed by atoms with van der Waals surface area (Å²) in [6.45, 7) is 1.97. The molecule has 6 heteroatoms. The van der Waals surface area contributed by atoms with E-state index in [1.54, 1.807) is 13.3 Å². The maximum atomic E-state index is 5.12. The van der Waals surface area contributed by atoms with Crippen molar-refractivity contribution in [3.8, 4) is 0 Å². The minimum atomic E-state index is 0.554. The molecule has 2 rings (SSSR count). The van der Waals surface area contributed by atoms with Gasteiger partial charge in [-0.25, -0.2) is 0 Å². The van der Waals surface area contributed by atoms with Gasteiger partial charge >= 0.3 is 0 Å².